The van der Waals surface area contributed by atoms with Gasteiger partial charge < -0.3 is 10.1 Å². The van der Waals surface area contributed by atoms with Gasteiger partial charge in [-0.15, -0.1) is 11.3 Å². The lowest BCUT2D eigenvalue weighted by Crippen LogP contribution is -2.06. The van der Waals surface area contributed by atoms with Crippen LogP contribution in [0.1, 0.15) is 30.2 Å². The normalized spacial score (nSPS) is 10.7. The molecule has 0 aromatic carbocycles. The van der Waals surface area contributed by atoms with E-state index in [4.69, 9.17) is 4.74 Å². The number of ether oxygens (including phenoxy) is 1. The van der Waals surface area contributed by atoms with Crippen LogP contribution in [0, 0.1) is 0 Å². The number of nitrogens with zero attached hydrogens (tertiary/aromatic N) is 2. The van der Waals surface area contributed by atoms with Crippen molar-refractivity contribution < 1.29 is 4.74 Å². The molecule has 0 aliphatic heterocycles. The van der Waals surface area contributed by atoms with E-state index in [1.807, 2.05) is 18.5 Å². The summed E-state index contributed by atoms with van der Waals surface area (Å²) in [7, 11) is 1.86. The van der Waals surface area contributed by atoms with Gasteiger partial charge in [-0.1, -0.05) is 19.9 Å². The molecule has 0 amide bonds. The molecule has 2 rings (SSSR count). The second-order valence-electron chi connectivity index (χ2n) is 4.21. The lowest BCUT2D eigenvalue weighted by molar-refractivity contribution is 0.292. The quantitative estimate of drug-likeness (QED) is 0.899. The fourth-order valence-corrected chi connectivity index (χ4v) is 2.36. The van der Waals surface area contributed by atoms with E-state index >= 15 is 0 Å². The van der Waals surface area contributed by atoms with Crippen LogP contribution in [0.4, 0.5) is 5.82 Å². The highest BCUT2D eigenvalue weighted by atomic mass is 32.1. The molecule has 2 aromatic heterocycles. The summed E-state index contributed by atoms with van der Waals surface area (Å²) in [4.78, 5) is 9.65. The summed E-state index contributed by atoms with van der Waals surface area (Å²) in [6, 6.07) is 4.08. The summed E-state index contributed by atoms with van der Waals surface area (Å²) in [6.45, 7) is 4.77. The molecule has 0 aliphatic carbocycles. The van der Waals surface area contributed by atoms with Gasteiger partial charge in [0, 0.05) is 11.9 Å². The SMILES string of the molecule is CNc1ncnc(OCc2cccs2)c1C(C)C. The highest BCUT2D eigenvalue weighted by Crippen LogP contribution is 2.30. The average molecular weight is 263 g/mol. The van der Waals surface area contributed by atoms with Crippen LogP contribution in [0.25, 0.3) is 0 Å². The Hall–Kier alpha value is -1.62. The number of anilines is 1. The summed E-state index contributed by atoms with van der Waals surface area (Å²) >= 11 is 1.68. The maximum Gasteiger partial charge on any atom is 0.222 e. The Balaban J connectivity index is 2.21. The molecule has 0 saturated carbocycles. The van der Waals surface area contributed by atoms with E-state index < -0.39 is 0 Å². The number of hydrogen-bond donors (Lipinski definition) is 1. The lowest BCUT2D eigenvalue weighted by Gasteiger charge is -2.15. The van der Waals surface area contributed by atoms with Crippen molar-refractivity contribution in [2.75, 3.05) is 12.4 Å². The summed E-state index contributed by atoms with van der Waals surface area (Å²) in [5.74, 6) is 1.81. The van der Waals surface area contributed by atoms with Crippen molar-refractivity contribution in [3.63, 3.8) is 0 Å². The van der Waals surface area contributed by atoms with Crippen molar-refractivity contribution in [2.24, 2.45) is 0 Å². The molecule has 0 bridgehead atoms. The van der Waals surface area contributed by atoms with Gasteiger partial charge in [-0.05, 0) is 17.4 Å². The van der Waals surface area contributed by atoms with E-state index in [0.29, 0.717) is 18.4 Å². The van der Waals surface area contributed by atoms with Gasteiger partial charge in [0.25, 0.3) is 0 Å². The smallest absolute Gasteiger partial charge is 0.222 e. The van der Waals surface area contributed by atoms with Crippen LogP contribution in [0.5, 0.6) is 5.88 Å². The number of thiophene rings is 1. The molecular weight excluding hydrogens is 246 g/mol. The first-order valence-corrected chi connectivity index (χ1v) is 6.78. The molecule has 96 valence electrons. The maximum absolute atomic E-state index is 5.80. The number of rotatable bonds is 5. The molecule has 0 saturated heterocycles. The van der Waals surface area contributed by atoms with Gasteiger partial charge in [-0.3, -0.25) is 0 Å². The third-order valence-electron chi connectivity index (χ3n) is 2.59. The summed E-state index contributed by atoms with van der Waals surface area (Å²) in [5, 5.41) is 5.12. The molecule has 0 atom stereocenters. The average Bonchev–Trinajstić information content (AvgIpc) is 2.88. The van der Waals surface area contributed by atoms with Crippen LogP contribution in [-0.2, 0) is 6.61 Å². The third-order valence-corrected chi connectivity index (χ3v) is 3.44. The van der Waals surface area contributed by atoms with Gasteiger partial charge in [0.15, 0.2) is 0 Å². The van der Waals surface area contributed by atoms with E-state index in [2.05, 4.69) is 35.2 Å². The first kappa shape index (κ1) is 12.8. The molecule has 0 spiro atoms. The molecule has 18 heavy (non-hydrogen) atoms. The van der Waals surface area contributed by atoms with Crippen LogP contribution in [0.15, 0.2) is 23.8 Å². The van der Waals surface area contributed by atoms with Gasteiger partial charge in [0.2, 0.25) is 5.88 Å². The van der Waals surface area contributed by atoms with E-state index in [1.165, 1.54) is 11.2 Å². The molecule has 1 N–H and O–H groups in total. The zero-order valence-electron chi connectivity index (χ0n) is 10.8. The minimum Gasteiger partial charge on any atom is -0.472 e. The minimum atomic E-state index is 0.312. The van der Waals surface area contributed by atoms with Crippen molar-refractivity contribution in [3.05, 3.63) is 34.3 Å². The molecular formula is C13H17N3OS. The van der Waals surface area contributed by atoms with Crippen LogP contribution in [0.3, 0.4) is 0 Å². The largest absolute Gasteiger partial charge is 0.472 e. The van der Waals surface area contributed by atoms with Crippen molar-refractivity contribution >= 4 is 17.2 Å². The zero-order valence-corrected chi connectivity index (χ0v) is 11.6. The summed E-state index contributed by atoms with van der Waals surface area (Å²) in [6.07, 6.45) is 1.53. The van der Waals surface area contributed by atoms with Gasteiger partial charge in [-0.2, -0.15) is 0 Å². The van der Waals surface area contributed by atoms with E-state index in [1.54, 1.807) is 11.3 Å². The Kier molecular flexibility index (Phi) is 4.15. The second-order valence-corrected chi connectivity index (χ2v) is 5.25. The number of nitrogens with one attached hydrogen (secondary N) is 1. The Labute approximate surface area is 111 Å². The molecule has 0 radical (unpaired) electrons. The highest BCUT2D eigenvalue weighted by molar-refractivity contribution is 7.09. The van der Waals surface area contributed by atoms with Crippen LogP contribution in [-0.4, -0.2) is 17.0 Å². The highest BCUT2D eigenvalue weighted by Gasteiger charge is 2.15. The Morgan fingerprint density at radius 3 is 2.83 bits per heavy atom. The Morgan fingerprint density at radius 2 is 2.22 bits per heavy atom. The van der Waals surface area contributed by atoms with Crippen molar-refractivity contribution in [1.82, 2.24) is 9.97 Å². The topological polar surface area (TPSA) is 47.0 Å². The lowest BCUT2D eigenvalue weighted by atomic mass is 10.1. The van der Waals surface area contributed by atoms with Gasteiger partial charge in [0.05, 0.1) is 5.56 Å². The fraction of sp³-hybridized carbons (Fsp3) is 0.385. The monoisotopic (exact) mass is 263 g/mol. The molecule has 4 nitrogen and oxygen atoms in total. The fourth-order valence-electron chi connectivity index (χ4n) is 1.75. The number of hydrogen-bond acceptors (Lipinski definition) is 5. The van der Waals surface area contributed by atoms with Crippen LogP contribution in [0.2, 0.25) is 0 Å². The van der Waals surface area contributed by atoms with Crippen molar-refractivity contribution in [1.29, 1.82) is 0 Å². The Morgan fingerprint density at radius 1 is 1.39 bits per heavy atom. The first-order valence-electron chi connectivity index (χ1n) is 5.90. The van der Waals surface area contributed by atoms with Gasteiger partial charge in [0.1, 0.15) is 18.8 Å². The Bertz CT molecular complexity index is 497. The number of aromatic nitrogens is 2. The van der Waals surface area contributed by atoms with Gasteiger partial charge in [-0.25, -0.2) is 9.97 Å². The minimum absolute atomic E-state index is 0.312. The predicted molar refractivity (Wildman–Crippen MR) is 74.3 cm³/mol. The summed E-state index contributed by atoms with van der Waals surface area (Å²) < 4.78 is 5.80. The van der Waals surface area contributed by atoms with Crippen molar-refractivity contribution in [3.8, 4) is 5.88 Å². The zero-order chi connectivity index (χ0) is 13.0. The van der Waals surface area contributed by atoms with Gasteiger partial charge >= 0.3 is 0 Å². The van der Waals surface area contributed by atoms with Crippen LogP contribution < -0.4 is 10.1 Å². The molecule has 2 heterocycles. The predicted octanol–water partition coefficient (Wildman–Crippen LogP) is 3.28. The molecule has 0 fully saturated rings. The molecule has 0 aliphatic rings. The van der Waals surface area contributed by atoms with Crippen LogP contribution >= 0.6 is 11.3 Å². The van der Waals surface area contributed by atoms with E-state index in [0.717, 1.165) is 11.4 Å². The first-order chi connectivity index (χ1) is 8.72. The standard InChI is InChI=1S/C13H17N3OS/c1-9(2)11-12(14-3)15-8-16-13(11)17-7-10-5-4-6-18-10/h4-6,8-9H,7H2,1-3H3,(H,14,15,16). The summed E-state index contributed by atoms with van der Waals surface area (Å²) in [5.41, 5.74) is 1.02. The molecule has 5 heteroatoms. The van der Waals surface area contributed by atoms with E-state index in [9.17, 15) is 0 Å². The second kappa shape index (κ2) is 5.82. The third kappa shape index (κ3) is 2.79. The molecule has 0 unspecified atom stereocenters. The molecule has 2 aromatic rings. The van der Waals surface area contributed by atoms with E-state index in [-0.39, 0.29) is 0 Å². The van der Waals surface area contributed by atoms with Crippen molar-refractivity contribution in [2.45, 2.75) is 26.4 Å². The maximum atomic E-state index is 5.80.